The average molecular weight is 396 g/mol. The Bertz CT molecular complexity index is 1190. The summed E-state index contributed by atoms with van der Waals surface area (Å²) < 4.78 is 4.92. The van der Waals surface area contributed by atoms with Crippen molar-refractivity contribution in [1.29, 1.82) is 0 Å². The Morgan fingerprint density at radius 3 is 2.20 bits per heavy atom. The zero-order chi connectivity index (χ0) is 20.9. The number of esters is 1. The van der Waals surface area contributed by atoms with E-state index in [9.17, 15) is 9.59 Å². The van der Waals surface area contributed by atoms with Crippen LogP contribution in [-0.2, 0) is 9.53 Å². The number of methoxy groups -OCH3 is 1. The second kappa shape index (κ2) is 8.57. The van der Waals surface area contributed by atoms with Crippen LogP contribution in [0.4, 0.5) is 0 Å². The first-order valence-corrected chi connectivity index (χ1v) is 9.56. The van der Waals surface area contributed by atoms with Crippen LogP contribution in [-0.4, -0.2) is 24.0 Å². The average Bonchev–Trinajstić information content (AvgIpc) is 2.82. The Balaban J connectivity index is 1.77. The number of carbonyl (C=O) groups excluding carboxylic acids is 2. The van der Waals surface area contributed by atoms with E-state index < -0.39 is 12.0 Å². The van der Waals surface area contributed by atoms with Gasteiger partial charge >= 0.3 is 5.97 Å². The first kappa shape index (κ1) is 19.3. The zero-order valence-electron chi connectivity index (χ0n) is 16.4. The van der Waals surface area contributed by atoms with Crippen LogP contribution in [0.25, 0.3) is 22.2 Å². The predicted octanol–water partition coefficient (Wildman–Crippen LogP) is 4.55. The third kappa shape index (κ3) is 3.91. The van der Waals surface area contributed by atoms with Crippen LogP contribution in [0.5, 0.6) is 0 Å². The monoisotopic (exact) mass is 396 g/mol. The minimum absolute atomic E-state index is 0.370. The highest BCUT2D eigenvalue weighted by molar-refractivity contribution is 6.08. The second-order valence-electron chi connectivity index (χ2n) is 6.78. The number of hydrogen-bond donors (Lipinski definition) is 1. The highest BCUT2D eigenvalue weighted by Gasteiger charge is 2.25. The van der Waals surface area contributed by atoms with Gasteiger partial charge in [-0.05, 0) is 17.7 Å². The van der Waals surface area contributed by atoms with Crippen LogP contribution in [0, 0.1) is 0 Å². The maximum atomic E-state index is 13.3. The number of amides is 1. The molecule has 0 saturated carbocycles. The van der Waals surface area contributed by atoms with Crippen molar-refractivity contribution in [2.24, 2.45) is 0 Å². The summed E-state index contributed by atoms with van der Waals surface area (Å²) in [6.07, 6.45) is 0. The minimum Gasteiger partial charge on any atom is -0.467 e. The number of para-hydroxylation sites is 1. The van der Waals surface area contributed by atoms with Gasteiger partial charge in [0.25, 0.3) is 5.91 Å². The smallest absolute Gasteiger partial charge is 0.333 e. The van der Waals surface area contributed by atoms with Gasteiger partial charge in [-0.1, -0.05) is 78.9 Å². The van der Waals surface area contributed by atoms with Gasteiger partial charge in [0, 0.05) is 10.9 Å². The van der Waals surface area contributed by atoms with E-state index in [-0.39, 0.29) is 5.91 Å². The number of ether oxygens (including phenoxy) is 1. The quantitative estimate of drug-likeness (QED) is 0.503. The van der Waals surface area contributed by atoms with Gasteiger partial charge in [-0.3, -0.25) is 4.79 Å². The third-order valence-corrected chi connectivity index (χ3v) is 4.88. The van der Waals surface area contributed by atoms with E-state index in [1.54, 1.807) is 18.2 Å². The Labute approximate surface area is 174 Å². The van der Waals surface area contributed by atoms with Gasteiger partial charge in [0.2, 0.25) is 0 Å². The lowest BCUT2D eigenvalue weighted by Gasteiger charge is -2.18. The van der Waals surface area contributed by atoms with E-state index in [0.29, 0.717) is 27.7 Å². The molecule has 1 atom stereocenters. The molecule has 0 aliphatic heterocycles. The van der Waals surface area contributed by atoms with E-state index in [1.807, 2.05) is 72.8 Å². The predicted molar refractivity (Wildman–Crippen MR) is 116 cm³/mol. The molecule has 3 aromatic carbocycles. The summed E-state index contributed by atoms with van der Waals surface area (Å²) in [5.41, 5.74) is 3.40. The van der Waals surface area contributed by atoms with Gasteiger partial charge in [-0.25, -0.2) is 9.78 Å². The molecular formula is C25H20N2O3. The van der Waals surface area contributed by atoms with Crippen LogP contribution >= 0.6 is 0 Å². The zero-order valence-corrected chi connectivity index (χ0v) is 16.4. The highest BCUT2D eigenvalue weighted by atomic mass is 16.5. The van der Waals surface area contributed by atoms with Gasteiger partial charge in [0.15, 0.2) is 6.04 Å². The molecule has 1 heterocycles. The maximum Gasteiger partial charge on any atom is 0.333 e. The molecule has 0 unspecified atom stereocenters. The molecule has 0 bridgehead atoms. The number of aromatic nitrogens is 1. The minimum atomic E-state index is -0.907. The highest BCUT2D eigenvalue weighted by Crippen LogP contribution is 2.25. The number of nitrogens with one attached hydrogen (secondary N) is 1. The maximum absolute atomic E-state index is 13.3. The van der Waals surface area contributed by atoms with Crippen LogP contribution in [0.3, 0.4) is 0 Å². The van der Waals surface area contributed by atoms with E-state index >= 15 is 0 Å². The lowest BCUT2D eigenvalue weighted by atomic mass is 10.0. The van der Waals surface area contributed by atoms with Crippen molar-refractivity contribution in [2.45, 2.75) is 6.04 Å². The Morgan fingerprint density at radius 1 is 0.867 bits per heavy atom. The third-order valence-electron chi connectivity index (χ3n) is 4.88. The van der Waals surface area contributed by atoms with Crippen LogP contribution in [0.2, 0.25) is 0 Å². The molecule has 0 saturated heterocycles. The van der Waals surface area contributed by atoms with Crippen LogP contribution < -0.4 is 5.32 Å². The molecule has 1 aromatic heterocycles. The summed E-state index contributed by atoms with van der Waals surface area (Å²) in [5.74, 6) is -0.902. The number of carbonyl (C=O) groups is 2. The number of rotatable bonds is 5. The summed E-state index contributed by atoms with van der Waals surface area (Å²) in [5, 5.41) is 3.54. The van der Waals surface area contributed by atoms with Crippen molar-refractivity contribution >= 4 is 22.8 Å². The molecule has 0 fully saturated rings. The number of pyridine rings is 1. The number of benzene rings is 3. The van der Waals surface area contributed by atoms with Crippen molar-refractivity contribution in [3.05, 3.63) is 102 Å². The molecule has 30 heavy (non-hydrogen) atoms. The fraction of sp³-hybridized carbons (Fsp3) is 0.0800. The summed E-state index contributed by atoms with van der Waals surface area (Å²) in [6, 6.07) is 27.0. The second-order valence-corrected chi connectivity index (χ2v) is 6.78. The molecule has 0 aliphatic carbocycles. The van der Waals surface area contributed by atoms with E-state index in [2.05, 4.69) is 5.32 Å². The van der Waals surface area contributed by atoms with Crippen LogP contribution in [0.1, 0.15) is 22.0 Å². The van der Waals surface area contributed by atoms with E-state index in [4.69, 9.17) is 9.72 Å². The fourth-order valence-corrected chi connectivity index (χ4v) is 3.37. The van der Waals surface area contributed by atoms with Crippen molar-refractivity contribution in [2.75, 3.05) is 7.11 Å². The Morgan fingerprint density at radius 2 is 1.50 bits per heavy atom. The summed E-state index contributed by atoms with van der Waals surface area (Å²) >= 11 is 0. The molecule has 0 aliphatic rings. The molecular weight excluding hydrogens is 376 g/mol. The van der Waals surface area contributed by atoms with E-state index in [0.717, 1.165) is 5.56 Å². The fourth-order valence-electron chi connectivity index (χ4n) is 3.37. The van der Waals surface area contributed by atoms with Gasteiger partial charge in [-0.15, -0.1) is 0 Å². The molecule has 5 nitrogen and oxygen atoms in total. The molecule has 148 valence electrons. The van der Waals surface area contributed by atoms with Gasteiger partial charge in [-0.2, -0.15) is 0 Å². The first-order chi connectivity index (χ1) is 14.7. The van der Waals surface area contributed by atoms with Crippen molar-refractivity contribution in [3.8, 4) is 11.3 Å². The van der Waals surface area contributed by atoms with Crippen molar-refractivity contribution in [1.82, 2.24) is 10.3 Å². The molecule has 1 amide bonds. The number of hydrogen-bond acceptors (Lipinski definition) is 4. The SMILES string of the molecule is COC(=O)[C@@H](NC(=O)c1cc(-c2ccccc2)nc2ccccc12)c1ccccc1. The normalized spacial score (nSPS) is 11.6. The standard InChI is InChI=1S/C25H20N2O3/c1-30-25(29)23(18-12-6-3-7-13-18)27-24(28)20-16-22(17-10-4-2-5-11-17)26-21-15-9-8-14-19(20)21/h2-16,23H,1H3,(H,27,28)/t23-/m0/s1. The van der Waals surface area contributed by atoms with Crippen LogP contribution in [0.15, 0.2) is 91.0 Å². The summed E-state index contributed by atoms with van der Waals surface area (Å²) in [7, 11) is 1.31. The molecule has 4 aromatic rings. The topological polar surface area (TPSA) is 68.3 Å². The Kier molecular flexibility index (Phi) is 5.52. The van der Waals surface area contributed by atoms with Crippen molar-refractivity contribution < 1.29 is 14.3 Å². The number of fused-ring (bicyclic) bond motifs is 1. The molecule has 0 radical (unpaired) electrons. The largest absolute Gasteiger partial charge is 0.467 e. The summed E-state index contributed by atoms with van der Waals surface area (Å²) in [4.78, 5) is 30.4. The Hall–Kier alpha value is -3.99. The lowest BCUT2D eigenvalue weighted by Crippen LogP contribution is -2.34. The first-order valence-electron chi connectivity index (χ1n) is 9.56. The van der Waals surface area contributed by atoms with Gasteiger partial charge in [0.05, 0.1) is 23.9 Å². The molecule has 0 spiro atoms. The number of nitrogens with zero attached hydrogens (tertiary/aromatic N) is 1. The molecule has 5 heteroatoms. The lowest BCUT2D eigenvalue weighted by molar-refractivity contribution is -0.143. The molecule has 1 N–H and O–H groups in total. The van der Waals surface area contributed by atoms with Gasteiger partial charge < -0.3 is 10.1 Å². The van der Waals surface area contributed by atoms with Crippen molar-refractivity contribution in [3.63, 3.8) is 0 Å². The molecule has 4 rings (SSSR count). The van der Waals surface area contributed by atoms with E-state index in [1.165, 1.54) is 7.11 Å². The van der Waals surface area contributed by atoms with Gasteiger partial charge in [0.1, 0.15) is 0 Å². The summed E-state index contributed by atoms with van der Waals surface area (Å²) in [6.45, 7) is 0.